The zero-order chi connectivity index (χ0) is 31.4. The smallest absolute Gasteiger partial charge is 0.210 e. The Morgan fingerprint density at radius 3 is 1.87 bits per heavy atom. The number of nitrogens with zero attached hydrogens (tertiary/aromatic N) is 2. The van der Waals surface area contributed by atoms with Crippen LogP contribution in [0.5, 0.6) is 0 Å². The Bertz CT molecular complexity index is 2860. The van der Waals surface area contributed by atoms with Crippen molar-refractivity contribution in [2.24, 2.45) is 0 Å². The molecule has 0 bridgehead atoms. The summed E-state index contributed by atoms with van der Waals surface area (Å²) in [6, 6.07) is 42.6. The van der Waals surface area contributed by atoms with Crippen LogP contribution in [0.1, 0.15) is 12.7 Å². The summed E-state index contributed by atoms with van der Waals surface area (Å²) in [5.74, 6) is 0.845. The lowest BCUT2D eigenvalue weighted by molar-refractivity contribution is 0.594. The molecule has 0 fully saturated rings. The van der Waals surface area contributed by atoms with Gasteiger partial charge in [-0.1, -0.05) is 91.9 Å². The van der Waals surface area contributed by atoms with E-state index in [1.807, 2.05) is 60.0 Å². The molecule has 9 aromatic rings. The molecule has 0 amide bonds. The highest BCUT2D eigenvalue weighted by Gasteiger charge is 2.33. The number of hydrogen-bond acceptors (Lipinski definition) is 4. The fourth-order valence-corrected chi connectivity index (χ4v) is 9.34. The second kappa shape index (κ2) is 9.41. The van der Waals surface area contributed by atoms with Crippen molar-refractivity contribution in [3.63, 3.8) is 0 Å². The van der Waals surface area contributed by atoms with Crippen molar-refractivity contribution in [1.82, 2.24) is 9.55 Å². The number of aromatic nitrogens is 2. The van der Waals surface area contributed by atoms with E-state index >= 15 is 0 Å². The van der Waals surface area contributed by atoms with Gasteiger partial charge in [-0.05, 0) is 86.3 Å². The molecule has 0 spiro atoms. The van der Waals surface area contributed by atoms with Crippen LogP contribution in [0.2, 0.25) is 0 Å². The minimum atomic E-state index is -3.79. The molecule has 2 aromatic heterocycles. The minimum absolute atomic E-state index is 0.301. The van der Waals surface area contributed by atoms with Crippen LogP contribution < -0.4 is 0 Å². The van der Waals surface area contributed by atoms with E-state index in [-0.39, 0.29) is 0 Å². The Balaban J connectivity index is 1.26. The fraction of sp³-hybridized carbons (Fsp3) is 0.0488. The monoisotopic (exact) mass is 626 g/mol. The molecule has 0 radical (unpaired) electrons. The topological polar surface area (TPSA) is 65.1 Å². The minimum Gasteiger partial charge on any atom is -0.456 e. The van der Waals surface area contributed by atoms with Crippen LogP contribution >= 0.6 is 0 Å². The average molecular weight is 627 g/mol. The summed E-state index contributed by atoms with van der Waals surface area (Å²) in [5, 5.41) is 6.48. The fourth-order valence-electron chi connectivity index (χ4n) is 7.68. The van der Waals surface area contributed by atoms with Crippen LogP contribution in [0, 0.1) is 0 Å². The molecule has 47 heavy (non-hydrogen) atoms. The average Bonchev–Trinajstić information content (AvgIpc) is 3.68. The largest absolute Gasteiger partial charge is 0.456 e. The van der Waals surface area contributed by atoms with Crippen LogP contribution in [0.15, 0.2) is 142 Å². The molecule has 5 nitrogen and oxygen atoms in total. The lowest BCUT2D eigenvalue weighted by Gasteiger charge is -2.23. The highest BCUT2D eigenvalue weighted by molar-refractivity contribution is 7.92. The van der Waals surface area contributed by atoms with Gasteiger partial charge in [0.05, 0.1) is 26.5 Å². The van der Waals surface area contributed by atoms with E-state index in [0.717, 1.165) is 71.6 Å². The predicted octanol–water partition coefficient (Wildman–Crippen LogP) is 10.3. The van der Waals surface area contributed by atoms with E-state index in [4.69, 9.17) is 9.40 Å². The first-order valence-electron chi connectivity index (χ1n) is 15.8. The third-order valence-electron chi connectivity index (χ3n) is 9.69. The summed E-state index contributed by atoms with van der Waals surface area (Å²) >= 11 is 0. The van der Waals surface area contributed by atoms with Crippen LogP contribution in [0.3, 0.4) is 0 Å². The van der Waals surface area contributed by atoms with E-state index < -0.39 is 9.84 Å². The third kappa shape index (κ3) is 3.53. The number of sulfone groups is 1. The van der Waals surface area contributed by atoms with Crippen LogP contribution in [-0.4, -0.2) is 18.0 Å². The number of benzene rings is 7. The zero-order valence-corrected chi connectivity index (χ0v) is 26.2. The molecule has 0 aliphatic carbocycles. The number of rotatable bonds is 3. The molecule has 1 aliphatic heterocycles. The van der Waals surface area contributed by atoms with Crippen molar-refractivity contribution < 1.29 is 12.8 Å². The Hall–Kier alpha value is -5.72. The van der Waals surface area contributed by atoms with Crippen LogP contribution in [0.25, 0.3) is 82.5 Å². The zero-order valence-electron chi connectivity index (χ0n) is 25.4. The molecule has 0 atom stereocenters. The molecular formula is C41H26N2O3S. The number of hydrogen-bond donors (Lipinski definition) is 0. The summed E-state index contributed by atoms with van der Waals surface area (Å²) in [6.45, 7) is 2.05. The Labute approximate surface area is 270 Å². The second-order valence-electron chi connectivity index (χ2n) is 12.2. The molecule has 0 saturated carbocycles. The maximum absolute atomic E-state index is 14.3. The van der Waals surface area contributed by atoms with E-state index in [1.165, 1.54) is 0 Å². The number of aryl methyl sites for hydroxylation is 1. The molecule has 6 heteroatoms. The van der Waals surface area contributed by atoms with Gasteiger partial charge in [0.1, 0.15) is 17.0 Å². The highest BCUT2D eigenvalue weighted by atomic mass is 32.2. The van der Waals surface area contributed by atoms with Crippen molar-refractivity contribution >= 4 is 64.4 Å². The van der Waals surface area contributed by atoms with Crippen molar-refractivity contribution in [3.8, 4) is 27.9 Å². The van der Waals surface area contributed by atoms with Gasteiger partial charge < -0.3 is 4.42 Å². The maximum Gasteiger partial charge on any atom is 0.210 e. The van der Waals surface area contributed by atoms with Gasteiger partial charge in [0.15, 0.2) is 0 Å². The molecule has 7 aromatic carbocycles. The van der Waals surface area contributed by atoms with E-state index in [0.29, 0.717) is 32.9 Å². The summed E-state index contributed by atoms with van der Waals surface area (Å²) in [6.07, 6.45) is 0.686. The van der Waals surface area contributed by atoms with Crippen molar-refractivity contribution in [2.75, 3.05) is 0 Å². The van der Waals surface area contributed by atoms with Gasteiger partial charge in [0.25, 0.3) is 0 Å². The SMILES string of the molecule is CCc1nc2cccc3c2n1-c1ccc(-c2c4ccccc4c(-c4ccc5c(c4)oc4ccccc45)c4ccccc24)cc1S3(=O)=O. The standard InChI is InChI=1S/C41H26N2O3S/c1-2-38-42-32-15-9-17-36-41(32)43(38)33-21-19-25(23-37(33)47(36,44)45)40-30-13-5-3-11-28(30)39(29-12-4-6-14-31(29)40)24-18-20-27-26-10-7-8-16-34(26)46-35(27)22-24/h3-23H,2H2,1H3. The van der Waals surface area contributed by atoms with Crippen molar-refractivity contribution in [3.05, 3.63) is 133 Å². The third-order valence-corrected chi connectivity index (χ3v) is 11.5. The Morgan fingerprint density at radius 2 is 1.19 bits per heavy atom. The van der Waals surface area contributed by atoms with Gasteiger partial charge in [-0.2, -0.15) is 0 Å². The Kier molecular flexibility index (Phi) is 5.30. The van der Waals surface area contributed by atoms with Crippen molar-refractivity contribution in [2.45, 2.75) is 23.1 Å². The lowest BCUT2D eigenvalue weighted by atomic mass is 9.86. The normalized spacial score (nSPS) is 13.6. The Morgan fingerprint density at radius 1 is 0.596 bits per heavy atom. The van der Waals surface area contributed by atoms with Crippen molar-refractivity contribution in [1.29, 1.82) is 0 Å². The molecule has 224 valence electrons. The number of furan rings is 1. The summed E-state index contributed by atoms with van der Waals surface area (Å²) in [7, 11) is -3.79. The number of fused-ring (bicyclic) bond motifs is 7. The maximum atomic E-state index is 14.3. The summed E-state index contributed by atoms with van der Waals surface area (Å²) < 4.78 is 36.8. The van der Waals surface area contributed by atoms with Gasteiger partial charge >= 0.3 is 0 Å². The van der Waals surface area contributed by atoms with Gasteiger partial charge in [0.2, 0.25) is 9.84 Å². The van der Waals surface area contributed by atoms with Crippen LogP contribution in [-0.2, 0) is 16.3 Å². The predicted molar refractivity (Wildman–Crippen MR) is 189 cm³/mol. The number of para-hydroxylation sites is 2. The molecule has 0 saturated heterocycles. The molecule has 1 aliphatic rings. The molecule has 0 N–H and O–H groups in total. The summed E-state index contributed by atoms with van der Waals surface area (Å²) in [4.78, 5) is 5.40. The van der Waals surface area contributed by atoms with E-state index in [9.17, 15) is 8.42 Å². The molecule has 10 rings (SSSR count). The van der Waals surface area contributed by atoms with Gasteiger partial charge in [-0.15, -0.1) is 0 Å². The first kappa shape index (κ1) is 26.5. The van der Waals surface area contributed by atoms with Gasteiger partial charge in [0, 0.05) is 17.2 Å². The van der Waals surface area contributed by atoms with Gasteiger partial charge in [-0.25, -0.2) is 13.4 Å². The van der Waals surface area contributed by atoms with Crippen LogP contribution in [0.4, 0.5) is 0 Å². The lowest BCUT2D eigenvalue weighted by Crippen LogP contribution is -2.16. The summed E-state index contributed by atoms with van der Waals surface area (Å²) in [5.41, 5.74) is 7.78. The molecular weight excluding hydrogens is 601 g/mol. The highest BCUT2D eigenvalue weighted by Crippen LogP contribution is 2.47. The first-order chi connectivity index (χ1) is 23.0. The quantitative estimate of drug-likeness (QED) is 0.183. The molecule has 0 unspecified atom stereocenters. The van der Waals surface area contributed by atoms with Gasteiger partial charge in [-0.3, -0.25) is 4.57 Å². The van der Waals surface area contributed by atoms with E-state index in [1.54, 1.807) is 12.1 Å². The first-order valence-corrected chi connectivity index (χ1v) is 17.3. The molecule has 3 heterocycles. The number of imidazole rings is 1. The second-order valence-corrected chi connectivity index (χ2v) is 14.1. The van der Waals surface area contributed by atoms with E-state index in [2.05, 4.69) is 66.7 Å².